The first-order chi connectivity index (χ1) is 9.15. The summed E-state index contributed by atoms with van der Waals surface area (Å²) in [4.78, 5) is 10.7. The van der Waals surface area contributed by atoms with Gasteiger partial charge in [-0.3, -0.25) is 5.43 Å². The second kappa shape index (κ2) is 6.15. The second-order valence-electron chi connectivity index (χ2n) is 3.81. The molecule has 0 aliphatic heterocycles. The van der Waals surface area contributed by atoms with Crippen molar-refractivity contribution >= 4 is 33.8 Å². The van der Waals surface area contributed by atoms with Gasteiger partial charge in [0, 0.05) is 4.47 Å². The van der Waals surface area contributed by atoms with Crippen molar-refractivity contribution in [2.75, 3.05) is 5.43 Å². The minimum absolute atomic E-state index is 0.251. The number of carbonyl (C=O) groups is 1. The number of hydrazone groups is 1. The Kier molecular flexibility index (Phi) is 4.30. The molecule has 0 aliphatic rings. The first kappa shape index (κ1) is 13.3. The van der Waals surface area contributed by atoms with Gasteiger partial charge >= 0.3 is 5.97 Å². The molecule has 0 heterocycles. The lowest BCUT2D eigenvalue weighted by atomic mass is 10.2. The summed E-state index contributed by atoms with van der Waals surface area (Å²) in [5.41, 5.74) is 4.79. The van der Waals surface area contributed by atoms with Crippen LogP contribution in [0.5, 0.6) is 0 Å². The minimum atomic E-state index is -0.941. The van der Waals surface area contributed by atoms with E-state index in [4.69, 9.17) is 5.11 Å². The standard InChI is InChI=1S/C14H11BrN2O2/c15-12-3-1-2-10(8-12)9-16-17-13-6-4-11(5-7-13)14(18)19/h1-9,17H,(H,18,19). The van der Waals surface area contributed by atoms with Gasteiger partial charge < -0.3 is 5.11 Å². The van der Waals surface area contributed by atoms with E-state index in [2.05, 4.69) is 26.5 Å². The zero-order chi connectivity index (χ0) is 13.7. The van der Waals surface area contributed by atoms with Crippen LogP contribution in [-0.4, -0.2) is 17.3 Å². The van der Waals surface area contributed by atoms with Gasteiger partial charge in [0.05, 0.1) is 17.5 Å². The molecule has 0 amide bonds. The number of anilines is 1. The van der Waals surface area contributed by atoms with E-state index in [-0.39, 0.29) is 5.56 Å². The Labute approximate surface area is 118 Å². The van der Waals surface area contributed by atoms with Gasteiger partial charge in [-0.15, -0.1) is 0 Å². The van der Waals surface area contributed by atoms with Crippen molar-refractivity contribution in [1.29, 1.82) is 0 Å². The first-order valence-corrected chi connectivity index (χ1v) is 6.32. The molecule has 0 aliphatic carbocycles. The van der Waals surface area contributed by atoms with Crippen molar-refractivity contribution in [2.45, 2.75) is 0 Å². The van der Waals surface area contributed by atoms with E-state index < -0.39 is 5.97 Å². The molecule has 0 spiro atoms. The fourth-order valence-electron chi connectivity index (χ4n) is 1.46. The normalized spacial score (nSPS) is 10.6. The number of carboxylic acid groups (broad SMARTS) is 1. The quantitative estimate of drug-likeness (QED) is 0.669. The van der Waals surface area contributed by atoms with E-state index in [1.807, 2.05) is 24.3 Å². The smallest absolute Gasteiger partial charge is 0.335 e. The van der Waals surface area contributed by atoms with Gasteiger partial charge in [0.25, 0.3) is 0 Å². The number of nitrogens with one attached hydrogen (secondary N) is 1. The molecule has 19 heavy (non-hydrogen) atoms. The van der Waals surface area contributed by atoms with Crippen LogP contribution in [0.2, 0.25) is 0 Å². The van der Waals surface area contributed by atoms with Crippen molar-refractivity contribution < 1.29 is 9.90 Å². The maximum Gasteiger partial charge on any atom is 0.335 e. The van der Waals surface area contributed by atoms with Gasteiger partial charge in [-0.05, 0) is 42.0 Å². The fourth-order valence-corrected chi connectivity index (χ4v) is 1.87. The minimum Gasteiger partial charge on any atom is -0.478 e. The Morgan fingerprint density at radius 1 is 1.21 bits per heavy atom. The zero-order valence-electron chi connectivity index (χ0n) is 9.88. The highest BCUT2D eigenvalue weighted by atomic mass is 79.9. The molecule has 2 rings (SSSR count). The molecule has 4 nitrogen and oxygen atoms in total. The lowest BCUT2D eigenvalue weighted by molar-refractivity contribution is 0.0697. The molecule has 96 valence electrons. The Balaban J connectivity index is 2.00. The molecule has 0 radical (unpaired) electrons. The third-order valence-corrected chi connectivity index (χ3v) is 2.88. The summed E-state index contributed by atoms with van der Waals surface area (Å²) >= 11 is 3.38. The van der Waals surface area contributed by atoms with E-state index >= 15 is 0 Å². The number of hydrogen-bond donors (Lipinski definition) is 2. The zero-order valence-corrected chi connectivity index (χ0v) is 11.5. The highest BCUT2D eigenvalue weighted by Gasteiger charge is 2.00. The molecule has 0 saturated carbocycles. The van der Waals surface area contributed by atoms with Crippen LogP contribution in [0.3, 0.4) is 0 Å². The Hall–Kier alpha value is -2.14. The van der Waals surface area contributed by atoms with Gasteiger partial charge in [0.15, 0.2) is 0 Å². The van der Waals surface area contributed by atoms with Crippen LogP contribution in [0.15, 0.2) is 58.1 Å². The molecule has 0 atom stereocenters. The third kappa shape index (κ3) is 3.93. The molecule has 0 fully saturated rings. The van der Waals surface area contributed by atoms with Gasteiger partial charge in [-0.1, -0.05) is 28.1 Å². The Bertz CT molecular complexity index is 609. The maximum atomic E-state index is 10.7. The summed E-state index contributed by atoms with van der Waals surface area (Å²) in [5, 5.41) is 12.9. The van der Waals surface area contributed by atoms with Crippen LogP contribution in [0.25, 0.3) is 0 Å². The molecule has 0 unspecified atom stereocenters. The number of aromatic carboxylic acids is 1. The fraction of sp³-hybridized carbons (Fsp3) is 0. The van der Waals surface area contributed by atoms with Crippen LogP contribution < -0.4 is 5.43 Å². The molecule has 0 saturated heterocycles. The molecule has 2 aromatic carbocycles. The van der Waals surface area contributed by atoms with Crippen molar-refractivity contribution in [3.05, 3.63) is 64.1 Å². The summed E-state index contributed by atoms with van der Waals surface area (Å²) in [5.74, 6) is -0.941. The van der Waals surface area contributed by atoms with E-state index in [1.54, 1.807) is 18.3 Å². The predicted octanol–water partition coefficient (Wildman–Crippen LogP) is 3.59. The van der Waals surface area contributed by atoms with Crippen molar-refractivity contribution in [1.82, 2.24) is 0 Å². The Morgan fingerprint density at radius 3 is 2.58 bits per heavy atom. The molecule has 2 N–H and O–H groups in total. The topological polar surface area (TPSA) is 61.7 Å². The number of nitrogens with zero attached hydrogens (tertiary/aromatic N) is 1. The number of hydrogen-bond acceptors (Lipinski definition) is 3. The lowest BCUT2D eigenvalue weighted by Gasteiger charge is -2.00. The lowest BCUT2D eigenvalue weighted by Crippen LogP contribution is -1.96. The number of carboxylic acids is 1. The second-order valence-corrected chi connectivity index (χ2v) is 4.72. The van der Waals surface area contributed by atoms with Crippen LogP contribution in [-0.2, 0) is 0 Å². The summed E-state index contributed by atoms with van der Waals surface area (Å²) < 4.78 is 0.988. The molecular weight excluding hydrogens is 308 g/mol. The van der Waals surface area contributed by atoms with E-state index in [1.165, 1.54) is 12.1 Å². The molecule has 0 aromatic heterocycles. The molecular formula is C14H11BrN2O2. The summed E-state index contributed by atoms with van der Waals surface area (Å²) in [6.45, 7) is 0. The third-order valence-electron chi connectivity index (χ3n) is 2.39. The van der Waals surface area contributed by atoms with E-state index in [0.717, 1.165) is 15.7 Å². The SMILES string of the molecule is O=C(O)c1ccc(NN=Cc2cccc(Br)c2)cc1. The molecule has 0 bridgehead atoms. The van der Waals surface area contributed by atoms with Crippen LogP contribution in [0.4, 0.5) is 5.69 Å². The van der Waals surface area contributed by atoms with Crippen LogP contribution in [0.1, 0.15) is 15.9 Å². The number of benzene rings is 2. The van der Waals surface area contributed by atoms with Crippen LogP contribution >= 0.6 is 15.9 Å². The number of halogens is 1. The summed E-state index contributed by atoms with van der Waals surface area (Å²) in [6.07, 6.45) is 1.69. The van der Waals surface area contributed by atoms with Crippen molar-refractivity contribution in [3.63, 3.8) is 0 Å². The average Bonchev–Trinajstić information content (AvgIpc) is 2.39. The highest BCUT2D eigenvalue weighted by molar-refractivity contribution is 9.10. The Morgan fingerprint density at radius 2 is 1.95 bits per heavy atom. The van der Waals surface area contributed by atoms with E-state index in [0.29, 0.717) is 0 Å². The monoisotopic (exact) mass is 318 g/mol. The molecule has 2 aromatic rings. The van der Waals surface area contributed by atoms with Gasteiger partial charge in [0.2, 0.25) is 0 Å². The largest absolute Gasteiger partial charge is 0.478 e. The van der Waals surface area contributed by atoms with Crippen LogP contribution in [0, 0.1) is 0 Å². The van der Waals surface area contributed by atoms with Crippen molar-refractivity contribution in [2.24, 2.45) is 5.10 Å². The number of rotatable bonds is 4. The van der Waals surface area contributed by atoms with Crippen molar-refractivity contribution in [3.8, 4) is 0 Å². The predicted molar refractivity (Wildman–Crippen MR) is 78.8 cm³/mol. The maximum absolute atomic E-state index is 10.7. The van der Waals surface area contributed by atoms with Gasteiger partial charge in [-0.2, -0.15) is 5.10 Å². The first-order valence-electron chi connectivity index (χ1n) is 5.53. The summed E-state index contributed by atoms with van der Waals surface area (Å²) in [7, 11) is 0. The average molecular weight is 319 g/mol. The van der Waals surface area contributed by atoms with Gasteiger partial charge in [0.1, 0.15) is 0 Å². The molecule has 5 heteroatoms. The van der Waals surface area contributed by atoms with Gasteiger partial charge in [-0.25, -0.2) is 4.79 Å². The van der Waals surface area contributed by atoms with E-state index in [9.17, 15) is 4.79 Å². The highest BCUT2D eigenvalue weighted by Crippen LogP contribution is 2.11. The summed E-state index contributed by atoms with van der Waals surface area (Å²) in [6, 6.07) is 14.1.